The van der Waals surface area contributed by atoms with E-state index < -0.39 is 5.97 Å². The van der Waals surface area contributed by atoms with Crippen LogP contribution < -0.4 is 5.32 Å². The van der Waals surface area contributed by atoms with Crippen LogP contribution in [-0.2, 0) is 11.3 Å². The van der Waals surface area contributed by atoms with Gasteiger partial charge in [0, 0.05) is 6.54 Å². The molecule has 2 aromatic rings. The van der Waals surface area contributed by atoms with Gasteiger partial charge in [-0.1, -0.05) is 30.3 Å². The summed E-state index contributed by atoms with van der Waals surface area (Å²) in [7, 11) is 1.27. The third-order valence-corrected chi connectivity index (χ3v) is 3.08. The van der Waals surface area contributed by atoms with Crippen molar-refractivity contribution in [2.75, 3.05) is 7.11 Å². The van der Waals surface area contributed by atoms with E-state index in [9.17, 15) is 9.59 Å². The summed E-state index contributed by atoms with van der Waals surface area (Å²) in [6.07, 6.45) is 0. The molecule has 0 radical (unpaired) electrons. The molecule has 0 saturated carbocycles. The van der Waals surface area contributed by atoms with Crippen LogP contribution in [0.5, 0.6) is 0 Å². The van der Waals surface area contributed by atoms with Gasteiger partial charge in [0.2, 0.25) is 0 Å². The quantitative estimate of drug-likeness (QED) is 0.873. The minimum absolute atomic E-state index is 0.112. The molecule has 0 fully saturated rings. The first-order valence-electron chi connectivity index (χ1n) is 6.50. The fraction of sp³-hybridized carbons (Fsp3) is 0.188. The predicted octanol–water partition coefficient (Wildman–Crippen LogP) is 2.11. The van der Waals surface area contributed by atoms with E-state index in [0.717, 1.165) is 11.1 Å². The Morgan fingerprint density at radius 2 is 1.81 bits per heavy atom. The average molecular weight is 284 g/mol. The summed E-state index contributed by atoms with van der Waals surface area (Å²) in [5.41, 5.74) is 2.44. The molecule has 0 aliphatic rings. The van der Waals surface area contributed by atoms with Gasteiger partial charge in [0.15, 0.2) is 0 Å². The van der Waals surface area contributed by atoms with Gasteiger partial charge >= 0.3 is 5.97 Å². The van der Waals surface area contributed by atoms with E-state index in [1.807, 2.05) is 31.2 Å². The van der Waals surface area contributed by atoms with Crippen molar-refractivity contribution < 1.29 is 14.3 Å². The summed E-state index contributed by atoms with van der Waals surface area (Å²) in [5, 5.41) is 2.79. The Morgan fingerprint density at radius 1 is 1.10 bits per heavy atom. The molecule has 1 aromatic heterocycles. The number of pyridine rings is 1. The molecule has 0 aliphatic heterocycles. The number of ether oxygens (including phenoxy) is 1. The average Bonchev–Trinajstić information content (AvgIpc) is 2.53. The number of carbonyl (C=O) groups is 2. The molecule has 2 rings (SSSR count). The Labute approximate surface area is 123 Å². The van der Waals surface area contributed by atoms with Crippen molar-refractivity contribution >= 4 is 11.9 Å². The maximum atomic E-state index is 12.1. The second-order valence-electron chi connectivity index (χ2n) is 4.51. The fourth-order valence-electron chi connectivity index (χ4n) is 1.85. The zero-order valence-electron chi connectivity index (χ0n) is 11.9. The highest BCUT2D eigenvalue weighted by molar-refractivity contribution is 5.94. The van der Waals surface area contributed by atoms with E-state index >= 15 is 0 Å². The first-order valence-corrected chi connectivity index (χ1v) is 6.50. The Kier molecular flexibility index (Phi) is 4.66. The summed E-state index contributed by atoms with van der Waals surface area (Å²) in [5.74, 6) is -0.896. The number of hydrogen-bond acceptors (Lipinski definition) is 4. The number of aromatic nitrogens is 1. The largest absolute Gasteiger partial charge is 0.464 e. The highest BCUT2D eigenvalue weighted by atomic mass is 16.5. The molecular formula is C16H16N2O3. The van der Waals surface area contributed by atoms with Crippen LogP contribution in [0.15, 0.2) is 42.5 Å². The van der Waals surface area contributed by atoms with Gasteiger partial charge in [-0.15, -0.1) is 0 Å². The van der Waals surface area contributed by atoms with E-state index in [4.69, 9.17) is 0 Å². The zero-order chi connectivity index (χ0) is 15.2. The highest BCUT2D eigenvalue weighted by Crippen LogP contribution is 2.07. The lowest BCUT2D eigenvalue weighted by molar-refractivity contribution is 0.0594. The molecule has 0 unspecified atom stereocenters. The molecule has 21 heavy (non-hydrogen) atoms. The second-order valence-corrected chi connectivity index (χ2v) is 4.51. The van der Waals surface area contributed by atoms with Crippen LogP contribution in [0.3, 0.4) is 0 Å². The summed E-state index contributed by atoms with van der Waals surface area (Å²) in [6, 6.07) is 12.5. The van der Waals surface area contributed by atoms with Crippen LogP contribution in [0.4, 0.5) is 0 Å². The topological polar surface area (TPSA) is 68.3 Å². The van der Waals surface area contributed by atoms with Crippen molar-refractivity contribution in [1.82, 2.24) is 10.3 Å². The minimum Gasteiger partial charge on any atom is -0.464 e. The molecule has 0 atom stereocenters. The lowest BCUT2D eigenvalue weighted by atomic mass is 10.1. The standard InChI is InChI=1S/C16H16N2O3/c1-11-6-3-4-7-12(11)10-17-15(19)13-8-5-9-14(18-13)16(20)21-2/h3-9H,10H2,1-2H3,(H,17,19). The van der Waals surface area contributed by atoms with Gasteiger partial charge in [-0.2, -0.15) is 0 Å². The summed E-state index contributed by atoms with van der Waals surface area (Å²) >= 11 is 0. The van der Waals surface area contributed by atoms with Crippen LogP contribution in [0.1, 0.15) is 32.1 Å². The number of aryl methyl sites for hydroxylation is 1. The van der Waals surface area contributed by atoms with Crippen LogP contribution in [0.2, 0.25) is 0 Å². The summed E-state index contributed by atoms with van der Waals surface area (Å²) in [4.78, 5) is 27.5. The Morgan fingerprint density at radius 3 is 2.52 bits per heavy atom. The van der Waals surface area contributed by atoms with E-state index in [1.54, 1.807) is 12.1 Å². The molecule has 0 aliphatic carbocycles. The van der Waals surface area contributed by atoms with Crippen LogP contribution >= 0.6 is 0 Å². The number of amides is 1. The highest BCUT2D eigenvalue weighted by Gasteiger charge is 2.12. The van der Waals surface area contributed by atoms with E-state index in [-0.39, 0.29) is 17.3 Å². The Balaban J connectivity index is 2.07. The molecule has 1 N–H and O–H groups in total. The van der Waals surface area contributed by atoms with Crippen LogP contribution in [-0.4, -0.2) is 24.0 Å². The molecule has 0 bridgehead atoms. The first-order chi connectivity index (χ1) is 10.1. The number of benzene rings is 1. The van der Waals surface area contributed by atoms with Crippen molar-refractivity contribution in [3.05, 3.63) is 65.0 Å². The minimum atomic E-state index is -0.566. The van der Waals surface area contributed by atoms with E-state index in [0.29, 0.717) is 6.54 Å². The number of nitrogens with zero attached hydrogens (tertiary/aromatic N) is 1. The van der Waals surface area contributed by atoms with Gasteiger partial charge in [0.05, 0.1) is 7.11 Å². The van der Waals surface area contributed by atoms with Gasteiger partial charge in [-0.05, 0) is 30.2 Å². The van der Waals surface area contributed by atoms with E-state index in [2.05, 4.69) is 15.0 Å². The molecule has 5 nitrogen and oxygen atoms in total. The van der Waals surface area contributed by atoms with Gasteiger partial charge in [-0.25, -0.2) is 9.78 Å². The van der Waals surface area contributed by atoms with Gasteiger partial charge in [0.25, 0.3) is 5.91 Å². The molecule has 1 aromatic carbocycles. The SMILES string of the molecule is COC(=O)c1cccc(C(=O)NCc2ccccc2C)n1. The monoisotopic (exact) mass is 284 g/mol. The van der Waals surface area contributed by atoms with Gasteiger partial charge in [-0.3, -0.25) is 4.79 Å². The lowest BCUT2D eigenvalue weighted by Crippen LogP contribution is -2.24. The zero-order valence-corrected chi connectivity index (χ0v) is 11.9. The van der Waals surface area contributed by atoms with E-state index in [1.165, 1.54) is 13.2 Å². The number of esters is 1. The van der Waals surface area contributed by atoms with Crippen molar-refractivity contribution in [2.45, 2.75) is 13.5 Å². The van der Waals surface area contributed by atoms with Crippen molar-refractivity contribution in [3.8, 4) is 0 Å². The third-order valence-electron chi connectivity index (χ3n) is 3.08. The number of hydrogen-bond donors (Lipinski definition) is 1. The molecule has 1 amide bonds. The number of rotatable bonds is 4. The lowest BCUT2D eigenvalue weighted by Gasteiger charge is -2.08. The molecule has 108 valence electrons. The van der Waals surface area contributed by atoms with Crippen LogP contribution in [0.25, 0.3) is 0 Å². The second kappa shape index (κ2) is 6.65. The third kappa shape index (κ3) is 3.66. The molecular weight excluding hydrogens is 268 g/mol. The maximum Gasteiger partial charge on any atom is 0.356 e. The van der Waals surface area contributed by atoms with Gasteiger partial charge in [0.1, 0.15) is 11.4 Å². The van der Waals surface area contributed by atoms with Crippen molar-refractivity contribution in [2.24, 2.45) is 0 Å². The normalized spacial score (nSPS) is 10.0. The fourth-order valence-corrected chi connectivity index (χ4v) is 1.85. The number of nitrogens with one attached hydrogen (secondary N) is 1. The van der Waals surface area contributed by atoms with Crippen molar-refractivity contribution in [1.29, 1.82) is 0 Å². The number of methoxy groups -OCH3 is 1. The smallest absolute Gasteiger partial charge is 0.356 e. The number of carbonyl (C=O) groups excluding carboxylic acids is 2. The van der Waals surface area contributed by atoms with Crippen LogP contribution in [0, 0.1) is 6.92 Å². The summed E-state index contributed by atoms with van der Waals surface area (Å²) < 4.78 is 4.58. The summed E-state index contributed by atoms with van der Waals surface area (Å²) in [6.45, 7) is 2.40. The predicted molar refractivity (Wildman–Crippen MR) is 77.9 cm³/mol. The Bertz CT molecular complexity index is 668. The Hall–Kier alpha value is -2.69. The maximum absolute atomic E-state index is 12.1. The molecule has 1 heterocycles. The molecule has 5 heteroatoms. The molecule has 0 saturated heterocycles. The van der Waals surface area contributed by atoms with Crippen molar-refractivity contribution in [3.63, 3.8) is 0 Å². The first kappa shape index (κ1) is 14.7. The molecule has 0 spiro atoms. The van der Waals surface area contributed by atoms with Gasteiger partial charge < -0.3 is 10.1 Å².